The maximum absolute atomic E-state index is 12.7. The van der Waals surface area contributed by atoms with E-state index in [0.29, 0.717) is 28.2 Å². The van der Waals surface area contributed by atoms with Crippen molar-refractivity contribution in [3.63, 3.8) is 0 Å². The Hall–Kier alpha value is -4.92. The van der Waals surface area contributed by atoms with Gasteiger partial charge < -0.3 is 19.7 Å². The van der Waals surface area contributed by atoms with Crippen LogP contribution in [0.1, 0.15) is 27.9 Å². The Morgan fingerprint density at radius 3 is 2.00 bits per heavy atom. The second-order valence-corrected chi connectivity index (χ2v) is 7.45. The standard InChI is InChI=1S/C27H25N3O6/c1-35-25-15-18(5-9-23(25)32)3-7-21(29-30-27(34)20-11-13-28-14-12-20)17-22(31)8-4-19-6-10-24(33)26(16-19)36-2/h3-16,32-33H,17H2,1-2H3,(H,30,34). The number of amides is 1. The molecule has 9 heteroatoms. The van der Waals surface area contributed by atoms with Crippen LogP contribution in [0.2, 0.25) is 0 Å². The molecule has 1 amide bonds. The van der Waals surface area contributed by atoms with E-state index in [-0.39, 0.29) is 29.5 Å². The number of rotatable bonds is 10. The number of nitrogens with zero attached hydrogens (tertiary/aromatic N) is 2. The van der Waals surface area contributed by atoms with Gasteiger partial charge in [0.05, 0.1) is 26.4 Å². The molecule has 1 heterocycles. The van der Waals surface area contributed by atoms with Crippen LogP contribution in [-0.4, -0.2) is 46.8 Å². The summed E-state index contributed by atoms with van der Waals surface area (Å²) in [5, 5.41) is 23.6. The number of nitrogens with one attached hydrogen (secondary N) is 1. The summed E-state index contributed by atoms with van der Waals surface area (Å²) in [6.45, 7) is 0. The van der Waals surface area contributed by atoms with Crippen LogP contribution in [-0.2, 0) is 4.79 Å². The topological polar surface area (TPSA) is 130 Å². The summed E-state index contributed by atoms with van der Waals surface area (Å²) in [6, 6.07) is 12.6. The smallest absolute Gasteiger partial charge is 0.271 e. The minimum absolute atomic E-state index is 0.000619. The average Bonchev–Trinajstić information content (AvgIpc) is 2.90. The van der Waals surface area contributed by atoms with Crippen LogP contribution in [0.5, 0.6) is 23.0 Å². The van der Waals surface area contributed by atoms with Gasteiger partial charge in [0.15, 0.2) is 28.8 Å². The summed E-state index contributed by atoms with van der Waals surface area (Å²) in [7, 11) is 2.88. The van der Waals surface area contributed by atoms with Crippen LogP contribution in [0.3, 0.4) is 0 Å². The highest BCUT2D eigenvalue weighted by molar-refractivity contribution is 6.13. The lowest BCUT2D eigenvalue weighted by Crippen LogP contribution is -2.20. The Morgan fingerprint density at radius 1 is 0.889 bits per heavy atom. The number of hydrogen-bond donors (Lipinski definition) is 3. The van der Waals surface area contributed by atoms with Crippen molar-refractivity contribution < 1.29 is 29.3 Å². The first kappa shape index (κ1) is 25.7. The Morgan fingerprint density at radius 2 is 1.44 bits per heavy atom. The molecule has 36 heavy (non-hydrogen) atoms. The molecule has 3 aromatic rings. The monoisotopic (exact) mass is 487 g/mol. The van der Waals surface area contributed by atoms with Gasteiger partial charge >= 0.3 is 0 Å². The van der Waals surface area contributed by atoms with Crippen molar-refractivity contribution in [2.45, 2.75) is 6.42 Å². The molecule has 0 fully saturated rings. The van der Waals surface area contributed by atoms with E-state index >= 15 is 0 Å². The fraction of sp³-hybridized carbons (Fsp3) is 0.111. The van der Waals surface area contributed by atoms with E-state index in [4.69, 9.17) is 9.47 Å². The number of ketones is 1. The lowest BCUT2D eigenvalue weighted by atomic mass is 10.1. The normalized spacial score (nSPS) is 11.6. The summed E-state index contributed by atoms with van der Waals surface area (Å²) >= 11 is 0. The summed E-state index contributed by atoms with van der Waals surface area (Å²) in [4.78, 5) is 28.9. The third kappa shape index (κ3) is 7.29. The SMILES string of the molecule is COc1cc(C=CC(=O)CC(C=Cc2ccc(O)c(OC)c2)=NNC(=O)c2ccncc2)ccc1O. The van der Waals surface area contributed by atoms with E-state index < -0.39 is 5.91 Å². The van der Waals surface area contributed by atoms with Crippen LogP contribution < -0.4 is 14.9 Å². The van der Waals surface area contributed by atoms with Crippen molar-refractivity contribution in [1.82, 2.24) is 10.4 Å². The molecule has 1 aromatic heterocycles. The quantitative estimate of drug-likeness (QED) is 0.224. The fourth-order valence-electron chi connectivity index (χ4n) is 3.04. The second kappa shape index (κ2) is 12.5. The van der Waals surface area contributed by atoms with Gasteiger partial charge in [-0.2, -0.15) is 5.10 Å². The highest BCUT2D eigenvalue weighted by Gasteiger charge is 2.08. The molecule has 0 unspecified atom stereocenters. The first-order chi connectivity index (χ1) is 17.4. The third-order valence-corrected chi connectivity index (χ3v) is 4.94. The van der Waals surface area contributed by atoms with Crippen LogP contribution in [0, 0.1) is 0 Å². The summed E-state index contributed by atoms with van der Waals surface area (Å²) in [5.41, 5.74) is 4.47. The number of allylic oxidation sites excluding steroid dienone is 2. The predicted octanol–water partition coefficient (Wildman–Crippen LogP) is 3.98. The van der Waals surface area contributed by atoms with Crippen LogP contribution in [0.15, 0.2) is 78.2 Å². The number of phenols is 2. The van der Waals surface area contributed by atoms with E-state index in [0.717, 1.165) is 0 Å². The first-order valence-electron chi connectivity index (χ1n) is 10.8. The number of ether oxygens (including phenoxy) is 2. The van der Waals surface area contributed by atoms with E-state index in [2.05, 4.69) is 15.5 Å². The largest absolute Gasteiger partial charge is 0.504 e. The summed E-state index contributed by atoms with van der Waals surface area (Å²) in [6.07, 6.45) is 9.12. The lowest BCUT2D eigenvalue weighted by molar-refractivity contribution is -0.113. The third-order valence-electron chi connectivity index (χ3n) is 4.94. The van der Waals surface area contributed by atoms with Crippen LogP contribution in [0.4, 0.5) is 0 Å². The van der Waals surface area contributed by atoms with E-state index in [9.17, 15) is 19.8 Å². The molecule has 0 bridgehead atoms. The molecule has 0 aliphatic rings. The maximum Gasteiger partial charge on any atom is 0.271 e. The molecule has 9 nitrogen and oxygen atoms in total. The molecular formula is C27H25N3O6. The predicted molar refractivity (Wildman–Crippen MR) is 136 cm³/mol. The molecule has 0 radical (unpaired) electrons. The minimum atomic E-state index is -0.450. The lowest BCUT2D eigenvalue weighted by Gasteiger charge is -2.05. The zero-order valence-corrected chi connectivity index (χ0v) is 19.7. The molecule has 0 saturated heterocycles. The van der Waals surface area contributed by atoms with E-state index in [1.165, 1.54) is 44.8 Å². The molecule has 0 atom stereocenters. The van der Waals surface area contributed by atoms with Crippen molar-refractivity contribution >= 4 is 29.6 Å². The number of pyridine rings is 1. The zero-order valence-electron chi connectivity index (χ0n) is 19.7. The van der Waals surface area contributed by atoms with Crippen LogP contribution in [0.25, 0.3) is 12.2 Å². The fourth-order valence-corrected chi connectivity index (χ4v) is 3.04. The highest BCUT2D eigenvalue weighted by atomic mass is 16.5. The average molecular weight is 488 g/mol. The number of carbonyl (C=O) groups excluding carboxylic acids is 2. The van der Waals surface area contributed by atoms with Gasteiger partial charge in [0.25, 0.3) is 5.91 Å². The molecule has 0 saturated carbocycles. The van der Waals surface area contributed by atoms with Crippen LogP contribution >= 0.6 is 0 Å². The van der Waals surface area contributed by atoms with Gasteiger partial charge in [-0.15, -0.1) is 0 Å². The van der Waals surface area contributed by atoms with E-state index in [1.54, 1.807) is 54.6 Å². The number of phenolic OH excluding ortho intramolecular Hbond substituents is 2. The van der Waals surface area contributed by atoms with Gasteiger partial charge in [-0.1, -0.05) is 24.3 Å². The molecule has 3 rings (SSSR count). The number of hydrogen-bond acceptors (Lipinski definition) is 8. The van der Waals surface area contributed by atoms with Gasteiger partial charge in [-0.05, 0) is 59.7 Å². The van der Waals surface area contributed by atoms with Gasteiger partial charge in [-0.25, -0.2) is 5.43 Å². The number of hydrazone groups is 1. The number of methoxy groups -OCH3 is 2. The molecule has 184 valence electrons. The van der Waals surface area contributed by atoms with Crippen molar-refractivity contribution in [3.8, 4) is 23.0 Å². The number of aromatic nitrogens is 1. The summed E-state index contributed by atoms with van der Waals surface area (Å²) in [5.74, 6) is -0.140. The first-order valence-corrected chi connectivity index (χ1v) is 10.8. The van der Waals surface area contributed by atoms with Crippen molar-refractivity contribution in [1.29, 1.82) is 0 Å². The number of aromatic hydroxyl groups is 2. The molecule has 0 spiro atoms. The van der Waals surface area contributed by atoms with Crippen molar-refractivity contribution in [2.24, 2.45) is 5.10 Å². The van der Waals surface area contributed by atoms with Crippen molar-refractivity contribution in [3.05, 3.63) is 89.8 Å². The Balaban J connectivity index is 1.79. The van der Waals surface area contributed by atoms with Gasteiger partial charge in [0, 0.05) is 18.0 Å². The van der Waals surface area contributed by atoms with Gasteiger partial charge in [0.1, 0.15) is 0 Å². The second-order valence-electron chi connectivity index (χ2n) is 7.45. The highest BCUT2D eigenvalue weighted by Crippen LogP contribution is 2.27. The maximum atomic E-state index is 12.7. The van der Waals surface area contributed by atoms with E-state index in [1.807, 2.05) is 0 Å². The summed E-state index contributed by atoms with van der Waals surface area (Å²) < 4.78 is 10.2. The number of benzene rings is 2. The molecule has 3 N–H and O–H groups in total. The Labute approximate surface area is 208 Å². The Bertz CT molecular complexity index is 1320. The zero-order chi connectivity index (χ0) is 25.9. The molecule has 0 aliphatic heterocycles. The number of carbonyl (C=O) groups is 2. The van der Waals surface area contributed by atoms with Crippen molar-refractivity contribution in [2.75, 3.05) is 14.2 Å². The molecular weight excluding hydrogens is 462 g/mol. The Kier molecular flexibility index (Phi) is 8.94. The van der Waals surface area contributed by atoms with Gasteiger partial charge in [-0.3, -0.25) is 14.6 Å². The van der Waals surface area contributed by atoms with Gasteiger partial charge in [0.2, 0.25) is 0 Å². The molecule has 2 aromatic carbocycles. The molecule has 0 aliphatic carbocycles. The minimum Gasteiger partial charge on any atom is -0.504 e.